The van der Waals surface area contributed by atoms with E-state index >= 15 is 0 Å². The maximum atomic E-state index is 12.6. The molecule has 0 bridgehead atoms. The van der Waals surface area contributed by atoms with Gasteiger partial charge in [0.1, 0.15) is 0 Å². The topological polar surface area (TPSA) is 66.6 Å². The van der Waals surface area contributed by atoms with Crippen LogP contribution in [-0.4, -0.2) is 68.2 Å². The van der Waals surface area contributed by atoms with E-state index in [1.54, 1.807) is 4.52 Å². The quantitative estimate of drug-likeness (QED) is 0.841. The third kappa shape index (κ3) is 2.32. The number of rotatable bonds is 3. The van der Waals surface area contributed by atoms with Gasteiger partial charge >= 0.3 is 0 Å². The lowest BCUT2D eigenvalue weighted by Gasteiger charge is -2.33. The first-order valence-electron chi connectivity index (χ1n) is 7.50. The second kappa shape index (κ2) is 5.03. The highest BCUT2D eigenvalue weighted by molar-refractivity contribution is 7.18. The van der Waals surface area contributed by atoms with Crippen LogP contribution >= 0.6 is 11.3 Å². The number of carbonyl (C=O) groups is 1. The molecular formula is C13H18N6OS. The summed E-state index contributed by atoms with van der Waals surface area (Å²) in [5.74, 6) is 1.43. The normalized spacial score (nSPS) is 20.3. The Morgan fingerprint density at radius 2 is 2.00 bits per heavy atom. The van der Waals surface area contributed by atoms with Crippen molar-refractivity contribution in [3.05, 3.63) is 10.8 Å². The highest BCUT2D eigenvalue weighted by Gasteiger charge is 2.31. The number of amides is 1. The molecule has 1 aliphatic carbocycles. The number of nitrogens with zero attached hydrogens (tertiary/aromatic N) is 6. The third-order valence-electron chi connectivity index (χ3n) is 4.25. The van der Waals surface area contributed by atoms with Crippen molar-refractivity contribution in [3.8, 4) is 0 Å². The van der Waals surface area contributed by atoms with Crippen molar-refractivity contribution >= 4 is 22.2 Å². The monoisotopic (exact) mass is 306 g/mol. The summed E-state index contributed by atoms with van der Waals surface area (Å²) in [6.45, 7) is 6.65. The largest absolute Gasteiger partial charge is 0.334 e. The highest BCUT2D eigenvalue weighted by atomic mass is 32.1. The Hall–Kier alpha value is -1.54. The molecule has 7 nitrogen and oxygen atoms in total. The Kier molecular flexibility index (Phi) is 3.15. The number of piperazine rings is 1. The number of carbonyl (C=O) groups excluding carboxylic acids is 1. The molecular weight excluding hydrogens is 288 g/mol. The lowest BCUT2D eigenvalue weighted by Crippen LogP contribution is -2.48. The number of hydrogen-bond donors (Lipinski definition) is 0. The van der Waals surface area contributed by atoms with Crippen LogP contribution in [0.15, 0.2) is 0 Å². The minimum absolute atomic E-state index is 0.0306. The third-order valence-corrected chi connectivity index (χ3v) is 5.13. The average Bonchev–Trinajstić information content (AvgIpc) is 3.15. The van der Waals surface area contributed by atoms with E-state index in [1.165, 1.54) is 11.3 Å². The molecule has 0 spiro atoms. The smallest absolute Gasteiger partial charge is 0.284 e. The summed E-state index contributed by atoms with van der Waals surface area (Å²) in [6, 6.07) is 0. The summed E-state index contributed by atoms with van der Waals surface area (Å²) < 4.78 is 1.76. The first-order chi connectivity index (χ1) is 10.3. The summed E-state index contributed by atoms with van der Waals surface area (Å²) in [5, 5.41) is 13.3. The Bertz CT molecular complexity index is 667. The molecule has 8 heteroatoms. The van der Waals surface area contributed by atoms with Crippen molar-refractivity contribution in [2.75, 3.05) is 32.7 Å². The molecule has 21 heavy (non-hydrogen) atoms. The van der Waals surface area contributed by atoms with Crippen molar-refractivity contribution in [1.82, 2.24) is 29.6 Å². The lowest BCUT2D eigenvalue weighted by molar-refractivity contribution is 0.0642. The SMILES string of the molecule is CCN1CCN(C(=O)c2nn3c(C4CC4)nnc3s2)CC1. The molecule has 0 radical (unpaired) electrons. The number of aromatic nitrogens is 4. The minimum atomic E-state index is 0.0306. The van der Waals surface area contributed by atoms with Gasteiger partial charge in [-0.1, -0.05) is 18.3 Å². The molecule has 0 unspecified atom stereocenters. The van der Waals surface area contributed by atoms with Gasteiger partial charge in [0, 0.05) is 32.1 Å². The first kappa shape index (κ1) is 13.1. The molecule has 1 aliphatic heterocycles. The fourth-order valence-electron chi connectivity index (χ4n) is 2.72. The molecule has 4 rings (SSSR count). The fourth-order valence-corrected chi connectivity index (χ4v) is 3.53. The zero-order valence-corrected chi connectivity index (χ0v) is 12.8. The maximum absolute atomic E-state index is 12.6. The average molecular weight is 306 g/mol. The summed E-state index contributed by atoms with van der Waals surface area (Å²) in [7, 11) is 0. The maximum Gasteiger partial charge on any atom is 0.284 e. The van der Waals surface area contributed by atoms with E-state index in [-0.39, 0.29) is 5.91 Å². The standard InChI is InChI=1S/C13H18N6OS/c1-2-17-5-7-18(8-6-17)12(20)11-16-19-10(9-3-4-9)14-15-13(19)21-11/h9H,2-8H2,1H3. The highest BCUT2D eigenvalue weighted by Crippen LogP contribution is 2.39. The Labute approximate surface area is 126 Å². The van der Waals surface area contributed by atoms with Crippen molar-refractivity contribution in [2.24, 2.45) is 0 Å². The van der Waals surface area contributed by atoms with E-state index in [4.69, 9.17) is 0 Å². The van der Waals surface area contributed by atoms with Crippen LogP contribution in [-0.2, 0) is 0 Å². The molecule has 1 amide bonds. The summed E-state index contributed by atoms with van der Waals surface area (Å²) >= 11 is 1.35. The first-order valence-corrected chi connectivity index (χ1v) is 8.31. The predicted octanol–water partition coefficient (Wildman–Crippen LogP) is 0.841. The zero-order valence-electron chi connectivity index (χ0n) is 12.0. The van der Waals surface area contributed by atoms with Gasteiger partial charge < -0.3 is 9.80 Å². The second-order valence-corrected chi connectivity index (χ2v) is 6.62. The molecule has 2 aromatic heterocycles. The molecule has 0 N–H and O–H groups in total. The molecule has 112 valence electrons. The molecule has 2 aliphatic rings. The van der Waals surface area contributed by atoms with Crippen LogP contribution in [0.25, 0.3) is 4.96 Å². The van der Waals surface area contributed by atoms with E-state index in [1.807, 2.05) is 4.90 Å². The van der Waals surface area contributed by atoms with E-state index in [2.05, 4.69) is 27.1 Å². The zero-order chi connectivity index (χ0) is 14.4. The van der Waals surface area contributed by atoms with Gasteiger partial charge in [0.2, 0.25) is 9.97 Å². The number of fused-ring (bicyclic) bond motifs is 1. The van der Waals surface area contributed by atoms with Crippen LogP contribution in [0.1, 0.15) is 41.3 Å². The van der Waals surface area contributed by atoms with Gasteiger partial charge in [-0.05, 0) is 19.4 Å². The molecule has 1 saturated carbocycles. The van der Waals surface area contributed by atoms with Crippen molar-refractivity contribution in [1.29, 1.82) is 0 Å². The van der Waals surface area contributed by atoms with Gasteiger partial charge in [-0.25, -0.2) is 0 Å². The fraction of sp³-hybridized carbons (Fsp3) is 0.692. The van der Waals surface area contributed by atoms with Gasteiger partial charge in [-0.15, -0.1) is 15.3 Å². The number of likely N-dealkylation sites (N-methyl/N-ethyl adjacent to an activating group) is 1. The van der Waals surface area contributed by atoms with Gasteiger partial charge in [0.05, 0.1) is 0 Å². The van der Waals surface area contributed by atoms with Crippen LogP contribution in [0.2, 0.25) is 0 Å². The molecule has 3 heterocycles. The molecule has 0 atom stereocenters. The summed E-state index contributed by atoms with van der Waals surface area (Å²) in [6.07, 6.45) is 2.31. The van der Waals surface area contributed by atoms with Crippen LogP contribution in [0, 0.1) is 0 Å². The predicted molar refractivity (Wildman–Crippen MR) is 78.7 cm³/mol. The van der Waals surface area contributed by atoms with Gasteiger partial charge in [-0.3, -0.25) is 4.79 Å². The van der Waals surface area contributed by atoms with Crippen LogP contribution in [0.3, 0.4) is 0 Å². The van der Waals surface area contributed by atoms with E-state index in [0.29, 0.717) is 10.9 Å². The molecule has 2 aromatic rings. The second-order valence-electron chi connectivity index (χ2n) is 5.66. The van der Waals surface area contributed by atoms with Gasteiger partial charge in [0.25, 0.3) is 5.91 Å². The van der Waals surface area contributed by atoms with Crippen molar-refractivity contribution < 1.29 is 4.79 Å². The summed E-state index contributed by atoms with van der Waals surface area (Å²) in [5.41, 5.74) is 0. The summed E-state index contributed by atoms with van der Waals surface area (Å²) in [4.78, 5) is 17.5. The molecule has 0 aromatic carbocycles. The van der Waals surface area contributed by atoms with Crippen LogP contribution < -0.4 is 0 Å². The van der Waals surface area contributed by atoms with Crippen molar-refractivity contribution in [2.45, 2.75) is 25.7 Å². The number of hydrogen-bond acceptors (Lipinski definition) is 6. The van der Waals surface area contributed by atoms with E-state index < -0.39 is 0 Å². The van der Waals surface area contributed by atoms with Crippen LogP contribution in [0.5, 0.6) is 0 Å². The van der Waals surface area contributed by atoms with Crippen LogP contribution in [0.4, 0.5) is 0 Å². The van der Waals surface area contributed by atoms with E-state index in [0.717, 1.165) is 56.4 Å². The molecule has 1 saturated heterocycles. The minimum Gasteiger partial charge on any atom is -0.334 e. The van der Waals surface area contributed by atoms with Gasteiger partial charge in [-0.2, -0.15) is 4.52 Å². The van der Waals surface area contributed by atoms with Gasteiger partial charge in [0.15, 0.2) is 5.82 Å². The Morgan fingerprint density at radius 1 is 1.24 bits per heavy atom. The lowest BCUT2D eigenvalue weighted by atomic mass is 10.3. The van der Waals surface area contributed by atoms with E-state index in [9.17, 15) is 4.79 Å². The Balaban J connectivity index is 1.54. The molecule has 2 fully saturated rings. The Morgan fingerprint density at radius 3 is 2.67 bits per heavy atom. The van der Waals surface area contributed by atoms with Crippen molar-refractivity contribution in [3.63, 3.8) is 0 Å².